The molecule has 0 saturated heterocycles. The van der Waals surface area contributed by atoms with E-state index in [-0.39, 0.29) is 0 Å². The van der Waals surface area contributed by atoms with Crippen molar-refractivity contribution in [3.05, 3.63) is 66.2 Å². The highest BCUT2D eigenvalue weighted by Crippen LogP contribution is 2.29. The van der Waals surface area contributed by atoms with Crippen molar-refractivity contribution in [2.75, 3.05) is 12.4 Å². The second-order valence-corrected chi connectivity index (χ2v) is 6.76. The van der Waals surface area contributed by atoms with Crippen LogP contribution < -0.4 is 15.4 Å². The molecule has 0 spiro atoms. The summed E-state index contributed by atoms with van der Waals surface area (Å²) in [6, 6.07) is 15.5. The predicted molar refractivity (Wildman–Crippen MR) is 116 cm³/mol. The molecule has 0 saturated carbocycles. The van der Waals surface area contributed by atoms with Gasteiger partial charge in [0.25, 0.3) is 0 Å². The van der Waals surface area contributed by atoms with E-state index in [9.17, 15) is 0 Å². The van der Waals surface area contributed by atoms with Crippen LogP contribution in [0.15, 0.2) is 59.3 Å². The van der Waals surface area contributed by atoms with E-state index in [1.807, 2.05) is 55.5 Å². The van der Waals surface area contributed by atoms with Gasteiger partial charge in [-0.25, -0.2) is 0 Å². The molecule has 146 valence electrons. The number of rotatable bonds is 5. The fourth-order valence-electron chi connectivity index (χ4n) is 3.00. The van der Waals surface area contributed by atoms with Gasteiger partial charge in [-0.1, -0.05) is 29.4 Å². The molecule has 0 aliphatic rings. The average Bonchev–Trinajstić information content (AvgIpc) is 3.22. The highest BCUT2D eigenvalue weighted by molar-refractivity contribution is 7.80. The van der Waals surface area contributed by atoms with Crippen molar-refractivity contribution in [3.8, 4) is 17.1 Å². The van der Waals surface area contributed by atoms with Crippen LogP contribution in [0, 0.1) is 6.92 Å². The minimum absolute atomic E-state index is 0.317. The van der Waals surface area contributed by atoms with Crippen molar-refractivity contribution < 1.29 is 9.26 Å². The largest absolute Gasteiger partial charge is 0.494 e. The molecule has 4 aromatic rings. The summed E-state index contributed by atoms with van der Waals surface area (Å²) >= 11 is 5.42. The van der Waals surface area contributed by atoms with Crippen molar-refractivity contribution in [1.29, 1.82) is 0 Å². The third kappa shape index (κ3) is 4.02. The molecule has 2 heterocycles. The van der Waals surface area contributed by atoms with E-state index in [2.05, 4.69) is 25.8 Å². The van der Waals surface area contributed by atoms with Gasteiger partial charge >= 0.3 is 0 Å². The van der Waals surface area contributed by atoms with Crippen LogP contribution in [0.1, 0.15) is 11.5 Å². The number of hydrogen-bond acceptors (Lipinski definition) is 6. The molecule has 0 aliphatic heterocycles. The summed E-state index contributed by atoms with van der Waals surface area (Å²) in [6.07, 6.45) is 1.73. The van der Waals surface area contributed by atoms with Crippen molar-refractivity contribution in [2.24, 2.45) is 0 Å². The van der Waals surface area contributed by atoms with Gasteiger partial charge in [-0.15, -0.1) is 0 Å². The smallest absolute Gasteiger partial charge is 0.246 e. The monoisotopic (exact) mass is 405 g/mol. The molecule has 0 atom stereocenters. The summed E-state index contributed by atoms with van der Waals surface area (Å²) in [7, 11) is 1.62. The van der Waals surface area contributed by atoms with E-state index in [1.54, 1.807) is 13.3 Å². The Bertz CT molecular complexity index is 1170. The van der Waals surface area contributed by atoms with Gasteiger partial charge in [-0.2, -0.15) is 4.98 Å². The first-order chi connectivity index (χ1) is 14.2. The molecule has 29 heavy (non-hydrogen) atoms. The van der Waals surface area contributed by atoms with E-state index in [0.29, 0.717) is 29.1 Å². The molecule has 0 amide bonds. The maximum Gasteiger partial charge on any atom is 0.246 e. The lowest BCUT2D eigenvalue weighted by molar-refractivity contribution is 0.376. The molecule has 8 heteroatoms. The van der Waals surface area contributed by atoms with E-state index < -0.39 is 0 Å². The van der Waals surface area contributed by atoms with Gasteiger partial charge in [0, 0.05) is 22.8 Å². The molecular weight excluding hydrogens is 386 g/mol. The van der Waals surface area contributed by atoms with Gasteiger partial charge in [-0.3, -0.25) is 4.98 Å². The highest BCUT2D eigenvalue weighted by Gasteiger charge is 2.12. The number of methoxy groups -OCH3 is 1. The Balaban J connectivity index is 1.44. The number of ether oxygens (including phenoxy) is 1. The fourth-order valence-corrected chi connectivity index (χ4v) is 3.18. The Labute approximate surface area is 173 Å². The fraction of sp³-hybridized carbons (Fsp3) is 0.143. The van der Waals surface area contributed by atoms with Gasteiger partial charge in [0.05, 0.1) is 13.7 Å². The molecule has 0 unspecified atom stereocenters. The minimum atomic E-state index is 0.317. The number of anilines is 1. The summed E-state index contributed by atoms with van der Waals surface area (Å²) in [5.41, 5.74) is 3.63. The maximum atomic E-state index is 5.42. The van der Waals surface area contributed by atoms with E-state index in [0.717, 1.165) is 27.7 Å². The van der Waals surface area contributed by atoms with Crippen molar-refractivity contribution in [3.63, 3.8) is 0 Å². The van der Waals surface area contributed by atoms with E-state index in [4.69, 9.17) is 21.5 Å². The first-order valence-corrected chi connectivity index (χ1v) is 9.41. The summed E-state index contributed by atoms with van der Waals surface area (Å²) in [5, 5.41) is 11.7. The number of nitrogens with zero attached hydrogens (tertiary/aromatic N) is 3. The third-order valence-electron chi connectivity index (χ3n) is 4.45. The second kappa shape index (κ2) is 8.24. The quantitative estimate of drug-likeness (QED) is 0.480. The molecule has 7 nitrogen and oxygen atoms in total. The number of fused-ring (bicyclic) bond motifs is 1. The Morgan fingerprint density at radius 3 is 2.83 bits per heavy atom. The SMILES string of the molecule is COc1ccc(NC(=S)NCc2nc(-c3ccccc3C)no2)c2cccnc12. The van der Waals surface area contributed by atoms with Crippen molar-refractivity contribution in [1.82, 2.24) is 20.4 Å². The third-order valence-corrected chi connectivity index (χ3v) is 4.70. The van der Waals surface area contributed by atoms with Gasteiger partial charge in [0.2, 0.25) is 11.7 Å². The predicted octanol–water partition coefficient (Wildman–Crippen LogP) is 4.09. The number of thiocarbonyl (C=S) groups is 1. The lowest BCUT2D eigenvalue weighted by Crippen LogP contribution is -2.28. The summed E-state index contributed by atoms with van der Waals surface area (Å²) in [6.45, 7) is 2.33. The molecule has 4 rings (SSSR count). The second-order valence-electron chi connectivity index (χ2n) is 6.35. The standard InChI is InChI=1S/C21H19N5O2S/c1-13-6-3-4-7-14(13)20-25-18(28-26-20)12-23-21(29)24-16-9-10-17(27-2)19-15(16)8-5-11-22-19/h3-11H,12H2,1-2H3,(H2,23,24,29). The van der Waals surface area contributed by atoms with Crippen LogP contribution in [0.25, 0.3) is 22.3 Å². The van der Waals surface area contributed by atoms with Crippen LogP contribution in [-0.4, -0.2) is 27.3 Å². The van der Waals surface area contributed by atoms with Crippen LogP contribution in [-0.2, 0) is 6.54 Å². The first kappa shape index (κ1) is 18.8. The van der Waals surface area contributed by atoms with Crippen LogP contribution in [0.5, 0.6) is 5.75 Å². The molecule has 0 bridgehead atoms. The molecular formula is C21H19N5O2S. The van der Waals surface area contributed by atoms with Gasteiger partial charge in [0.1, 0.15) is 11.3 Å². The van der Waals surface area contributed by atoms with E-state index in [1.165, 1.54) is 0 Å². The molecule has 0 fully saturated rings. The zero-order valence-electron chi connectivity index (χ0n) is 16.0. The molecule has 0 aliphatic carbocycles. The number of hydrogen-bond donors (Lipinski definition) is 2. The number of nitrogens with one attached hydrogen (secondary N) is 2. The van der Waals surface area contributed by atoms with E-state index >= 15 is 0 Å². The number of aromatic nitrogens is 3. The van der Waals surface area contributed by atoms with Crippen molar-refractivity contribution in [2.45, 2.75) is 13.5 Å². The zero-order chi connectivity index (χ0) is 20.2. The van der Waals surface area contributed by atoms with Crippen LogP contribution in [0.4, 0.5) is 5.69 Å². The minimum Gasteiger partial charge on any atom is -0.494 e. The van der Waals surface area contributed by atoms with Crippen LogP contribution >= 0.6 is 12.2 Å². The van der Waals surface area contributed by atoms with Gasteiger partial charge < -0.3 is 19.9 Å². The van der Waals surface area contributed by atoms with Gasteiger partial charge in [-0.05, 0) is 49.0 Å². The van der Waals surface area contributed by atoms with Crippen molar-refractivity contribution >= 4 is 33.9 Å². The van der Waals surface area contributed by atoms with Gasteiger partial charge in [0.15, 0.2) is 5.11 Å². The Kier molecular flexibility index (Phi) is 5.35. The lowest BCUT2D eigenvalue weighted by atomic mass is 10.1. The number of aryl methyl sites for hydroxylation is 1. The Morgan fingerprint density at radius 1 is 1.14 bits per heavy atom. The Morgan fingerprint density at radius 2 is 2.00 bits per heavy atom. The molecule has 0 radical (unpaired) electrons. The summed E-state index contributed by atoms with van der Waals surface area (Å²) in [5.74, 6) is 1.72. The lowest BCUT2D eigenvalue weighted by Gasteiger charge is -2.13. The maximum absolute atomic E-state index is 5.42. The molecule has 2 N–H and O–H groups in total. The number of pyridine rings is 1. The zero-order valence-corrected chi connectivity index (χ0v) is 16.8. The molecule has 2 aromatic carbocycles. The van der Waals surface area contributed by atoms with Crippen LogP contribution in [0.3, 0.4) is 0 Å². The highest BCUT2D eigenvalue weighted by atomic mass is 32.1. The average molecular weight is 405 g/mol. The first-order valence-electron chi connectivity index (χ1n) is 9.01. The number of benzene rings is 2. The molecule has 2 aromatic heterocycles. The Hall–Kier alpha value is -3.52. The summed E-state index contributed by atoms with van der Waals surface area (Å²) in [4.78, 5) is 8.83. The topological polar surface area (TPSA) is 85.1 Å². The normalized spacial score (nSPS) is 10.7. The van der Waals surface area contributed by atoms with Crippen LogP contribution in [0.2, 0.25) is 0 Å². The summed E-state index contributed by atoms with van der Waals surface area (Å²) < 4.78 is 10.7.